The van der Waals surface area contributed by atoms with E-state index in [4.69, 9.17) is 21.4 Å². The Balaban J connectivity index is 1.81. The summed E-state index contributed by atoms with van der Waals surface area (Å²) in [6.07, 6.45) is -0.935. The molecule has 1 atom stereocenters. The van der Waals surface area contributed by atoms with Crippen LogP contribution < -0.4 is 4.74 Å². The highest BCUT2D eigenvalue weighted by molar-refractivity contribution is 6.30. The molecule has 0 spiro atoms. The zero-order valence-electron chi connectivity index (χ0n) is 19.6. The van der Waals surface area contributed by atoms with Crippen molar-refractivity contribution >= 4 is 17.6 Å². The van der Waals surface area contributed by atoms with E-state index in [2.05, 4.69) is 26.8 Å². The highest BCUT2D eigenvalue weighted by Crippen LogP contribution is 2.36. The molecule has 0 saturated heterocycles. The molecule has 6 heteroatoms. The van der Waals surface area contributed by atoms with Gasteiger partial charge in [-0.25, -0.2) is 9.48 Å². The average Bonchev–Trinajstić information content (AvgIpc) is 3.26. The second kappa shape index (κ2) is 9.35. The van der Waals surface area contributed by atoms with E-state index in [1.165, 1.54) is 6.92 Å². The molecule has 174 valence electrons. The molecule has 1 unspecified atom stereocenters. The topological polar surface area (TPSA) is 64.4 Å². The van der Waals surface area contributed by atoms with Gasteiger partial charge in [0, 0.05) is 16.0 Å². The number of hydrogen-bond acceptors (Lipinski definition) is 3. The molecular weight excluding hydrogens is 448 g/mol. The number of ether oxygens (including phenoxy) is 1. The van der Waals surface area contributed by atoms with Gasteiger partial charge in [-0.3, -0.25) is 0 Å². The average molecular weight is 475 g/mol. The van der Waals surface area contributed by atoms with Crippen molar-refractivity contribution in [2.45, 2.75) is 39.2 Å². The summed E-state index contributed by atoms with van der Waals surface area (Å²) >= 11 is 6.11. The standard InChI is InChI=1S/C28H27ClN2O3/c1-18(27(32)33)34-22-9-7-8-19(16-22)23-10-5-6-11-24(23)25-17-26(28(2,3)4)31(30-25)21-14-12-20(29)13-15-21/h5-18H,1-4H3,(H,32,33). The molecule has 0 saturated carbocycles. The van der Waals surface area contributed by atoms with E-state index in [1.54, 1.807) is 6.07 Å². The number of carboxylic acid groups (broad SMARTS) is 1. The van der Waals surface area contributed by atoms with E-state index in [9.17, 15) is 9.90 Å². The summed E-state index contributed by atoms with van der Waals surface area (Å²) in [5.74, 6) is -0.502. The summed E-state index contributed by atoms with van der Waals surface area (Å²) in [5, 5.41) is 14.9. The Kier molecular flexibility index (Phi) is 6.49. The Morgan fingerprint density at radius 3 is 2.29 bits per heavy atom. The second-order valence-electron chi connectivity index (χ2n) is 9.22. The summed E-state index contributed by atoms with van der Waals surface area (Å²) in [4.78, 5) is 11.2. The van der Waals surface area contributed by atoms with Crippen molar-refractivity contribution in [3.8, 4) is 33.8 Å². The minimum atomic E-state index is -1.01. The van der Waals surface area contributed by atoms with Gasteiger partial charge in [0.1, 0.15) is 5.75 Å². The molecule has 0 amide bonds. The Hall–Kier alpha value is -3.57. The fourth-order valence-corrected chi connectivity index (χ4v) is 3.90. The molecular formula is C28H27ClN2O3. The van der Waals surface area contributed by atoms with Crippen molar-refractivity contribution < 1.29 is 14.6 Å². The maximum absolute atomic E-state index is 11.2. The molecule has 3 aromatic carbocycles. The molecule has 34 heavy (non-hydrogen) atoms. The van der Waals surface area contributed by atoms with Gasteiger partial charge in [0.05, 0.1) is 17.1 Å². The third-order valence-electron chi connectivity index (χ3n) is 5.56. The van der Waals surface area contributed by atoms with Gasteiger partial charge in [-0.15, -0.1) is 0 Å². The molecule has 1 aromatic heterocycles. The lowest BCUT2D eigenvalue weighted by molar-refractivity contribution is -0.144. The van der Waals surface area contributed by atoms with Crippen molar-refractivity contribution in [3.05, 3.63) is 89.6 Å². The molecule has 5 nitrogen and oxygen atoms in total. The maximum Gasteiger partial charge on any atom is 0.344 e. The first-order valence-corrected chi connectivity index (χ1v) is 11.5. The Labute approximate surface area is 204 Å². The lowest BCUT2D eigenvalue weighted by Gasteiger charge is -2.20. The molecule has 1 heterocycles. The second-order valence-corrected chi connectivity index (χ2v) is 9.66. The normalized spacial score (nSPS) is 12.4. The fraction of sp³-hybridized carbons (Fsp3) is 0.214. The lowest BCUT2D eigenvalue weighted by atomic mass is 9.90. The number of aromatic nitrogens is 2. The molecule has 4 rings (SSSR count). The van der Waals surface area contributed by atoms with Crippen LogP contribution in [0.3, 0.4) is 0 Å². The van der Waals surface area contributed by atoms with Crippen LogP contribution in [0, 0.1) is 0 Å². The number of nitrogens with zero attached hydrogens (tertiary/aromatic N) is 2. The van der Waals surface area contributed by atoms with Gasteiger partial charge in [0.15, 0.2) is 6.10 Å². The Morgan fingerprint density at radius 2 is 1.65 bits per heavy atom. The van der Waals surface area contributed by atoms with Crippen molar-refractivity contribution in [1.29, 1.82) is 0 Å². The number of hydrogen-bond donors (Lipinski definition) is 1. The summed E-state index contributed by atoms with van der Waals surface area (Å²) in [5.41, 5.74) is 5.61. The van der Waals surface area contributed by atoms with Crippen LogP contribution in [0.25, 0.3) is 28.1 Å². The number of benzene rings is 3. The van der Waals surface area contributed by atoms with E-state index in [1.807, 2.05) is 71.4 Å². The number of halogens is 1. The highest BCUT2D eigenvalue weighted by Gasteiger charge is 2.23. The van der Waals surface area contributed by atoms with Crippen LogP contribution in [0.1, 0.15) is 33.4 Å². The smallest absolute Gasteiger partial charge is 0.344 e. The van der Waals surface area contributed by atoms with Crippen LogP contribution in [0.5, 0.6) is 5.75 Å². The van der Waals surface area contributed by atoms with Gasteiger partial charge in [0.25, 0.3) is 0 Å². The Morgan fingerprint density at radius 1 is 0.971 bits per heavy atom. The van der Waals surface area contributed by atoms with Crippen molar-refractivity contribution in [2.24, 2.45) is 0 Å². The predicted molar refractivity (Wildman–Crippen MR) is 136 cm³/mol. The number of carbonyl (C=O) groups is 1. The molecule has 1 N–H and O–H groups in total. The molecule has 0 fully saturated rings. The number of rotatable bonds is 6. The van der Waals surface area contributed by atoms with E-state index in [0.29, 0.717) is 10.8 Å². The molecule has 0 aliphatic heterocycles. The molecule has 0 radical (unpaired) electrons. The van der Waals surface area contributed by atoms with Crippen molar-refractivity contribution in [3.63, 3.8) is 0 Å². The van der Waals surface area contributed by atoms with Gasteiger partial charge in [-0.2, -0.15) is 5.10 Å². The number of aliphatic carboxylic acids is 1. The first kappa shape index (κ1) is 23.6. The van der Waals surface area contributed by atoms with E-state index in [0.717, 1.165) is 33.8 Å². The van der Waals surface area contributed by atoms with E-state index < -0.39 is 12.1 Å². The van der Waals surface area contributed by atoms with Crippen LogP contribution in [0.15, 0.2) is 78.9 Å². The van der Waals surface area contributed by atoms with Gasteiger partial charge >= 0.3 is 5.97 Å². The summed E-state index contributed by atoms with van der Waals surface area (Å²) < 4.78 is 7.56. The van der Waals surface area contributed by atoms with Crippen LogP contribution >= 0.6 is 11.6 Å². The van der Waals surface area contributed by atoms with Gasteiger partial charge < -0.3 is 9.84 Å². The summed E-state index contributed by atoms with van der Waals surface area (Å²) in [6.45, 7) is 8.00. The lowest BCUT2D eigenvalue weighted by Crippen LogP contribution is -2.22. The highest BCUT2D eigenvalue weighted by atomic mass is 35.5. The van der Waals surface area contributed by atoms with Crippen molar-refractivity contribution in [1.82, 2.24) is 9.78 Å². The summed E-state index contributed by atoms with van der Waals surface area (Å²) in [6, 6.07) is 25.3. The maximum atomic E-state index is 11.2. The molecule has 4 aromatic rings. The van der Waals surface area contributed by atoms with Crippen LogP contribution in [-0.2, 0) is 10.2 Å². The monoisotopic (exact) mass is 474 g/mol. The van der Waals surface area contributed by atoms with Crippen LogP contribution in [-0.4, -0.2) is 27.0 Å². The van der Waals surface area contributed by atoms with Crippen molar-refractivity contribution in [2.75, 3.05) is 0 Å². The third-order valence-corrected chi connectivity index (χ3v) is 5.81. The van der Waals surface area contributed by atoms with Gasteiger partial charge in [-0.05, 0) is 60.5 Å². The Bertz CT molecular complexity index is 1320. The first-order valence-electron chi connectivity index (χ1n) is 11.1. The summed E-state index contributed by atoms with van der Waals surface area (Å²) in [7, 11) is 0. The fourth-order valence-electron chi connectivity index (χ4n) is 3.78. The van der Waals surface area contributed by atoms with Gasteiger partial charge in [0.2, 0.25) is 0 Å². The van der Waals surface area contributed by atoms with Gasteiger partial charge in [-0.1, -0.05) is 68.8 Å². The minimum Gasteiger partial charge on any atom is -0.479 e. The minimum absolute atomic E-state index is 0.138. The SMILES string of the molecule is CC(Oc1cccc(-c2ccccc2-c2cc(C(C)(C)C)n(-c3ccc(Cl)cc3)n2)c1)C(=O)O. The quantitative estimate of drug-likeness (QED) is 0.326. The van der Waals surface area contributed by atoms with Crippen LogP contribution in [0.2, 0.25) is 5.02 Å². The zero-order chi connectivity index (χ0) is 24.5. The van der Waals surface area contributed by atoms with E-state index >= 15 is 0 Å². The predicted octanol–water partition coefficient (Wildman–Crippen LogP) is 7.01. The van der Waals surface area contributed by atoms with E-state index in [-0.39, 0.29) is 5.41 Å². The number of carboxylic acids is 1. The third kappa shape index (κ3) is 5.00. The molecule has 0 aliphatic carbocycles. The first-order chi connectivity index (χ1) is 16.1. The molecule has 0 aliphatic rings. The zero-order valence-corrected chi connectivity index (χ0v) is 20.4. The molecule has 0 bridgehead atoms. The largest absolute Gasteiger partial charge is 0.479 e. The van der Waals surface area contributed by atoms with Crippen LogP contribution in [0.4, 0.5) is 0 Å².